The fraction of sp³-hybridized carbons (Fsp3) is 0. The summed E-state index contributed by atoms with van der Waals surface area (Å²) in [6, 6.07) is 17.2. The lowest BCUT2D eigenvalue weighted by Crippen LogP contribution is -2.33. The first-order valence-electron chi connectivity index (χ1n) is 7.45. The van der Waals surface area contributed by atoms with Crippen molar-refractivity contribution in [1.82, 2.24) is 10.4 Å². The molecule has 126 valence electrons. The molecule has 0 fully saturated rings. The first-order chi connectivity index (χ1) is 12.2. The van der Waals surface area contributed by atoms with Crippen LogP contribution in [0, 0.1) is 0 Å². The summed E-state index contributed by atoms with van der Waals surface area (Å²) >= 11 is 5.88. The number of carbonyl (C=O) groups is 1. The van der Waals surface area contributed by atoms with Gasteiger partial charge in [-0.25, -0.2) is 4.79 Å². The third kappa shape index (κ3) is 5.12. The minimum Gasteiger partial charge on any atom is -0.457 e. The van der Waals surface area contributed by atoms with Crippen LogP contribution in [0.2, 0.25) is 5.02 Å². The Balaban J connectivity index is 1.56. The normalized spacial score (nSPS) is 9.96. The summed E-state index contributed by atoms with van der Waals surface area (Å²) in [6.07, 6.45) is 3.30. The van der Waals surface area contributed by atoms with Crippen LogP contribution in [-0.4, -0.2) is 11.0 Å². The van der Waals surface area contributed by atoms with Gasteiger partial charge in [0, 0.05) is 29.2 Å². The number of nitrogens with zero attached hydrogens (tertiary/aromatic N) is 1. The van der Waals surface area contributed by atoms with Gasteiger partial charge < -0.3 is 10.1 Å². The van der Waals surface area contributed by atoms with Crippen molar-refractivity contribution in [3.63, 3.8) is 0 Å². The quantitative estimate of drug-likeness (QED) is 0.582. The van der Waals surface area contributed by atoms with Crippen LogP contribution < -0.4 is 20.9 Å². The van der Waals surface area contributed by atoms with Gasteiger partial charge in [0.1, 0.15) is 11.5 Å². The Bertz CT molecular complexity index is 858. The largest absolute Gasteiger partial charge is 0.457 e. The number of hydrogen-bond donors (Lipinski definition) is 3. The maximum Gasteiger partial charge on any atom is 0.337 e. The molecule has 1 heterocycles. The molecule has 0 saturated carbocycles. The number of aromatic nitrogens is 1. The van der Waals surface area contributed by atoms with Crippen LogP contribution in [0.15, 0.2) is 73.1 Å². The predicted molar refractivity (Wildman–Crippen MR) is 98.0 cm³/mol. The highest BCUT2D eigenvalue weighted by Crippen LogP contribution is 2.23. The van der Waals surface area contributed by atoms with Crippen LogP contribution in [0.4, 0.5) is 16.2 Å². The van der Waals surface area contributed by atoms with E-state index in [9.17, 15) is 4.79 Å². The number of hydrogen-bond acceptors (Lipinski definition) is 4. The maximum atomic E-state index is 11.9. The molecule has 0 saturated heterocycles. The topological polar surface area (TPSA) is 75.3 Å². The van der Waals surface area contributed by atoms with Gasteiger partial charge in [0.15, 0.2) is 0 Å². The molecule has 2 amide bonds. The molecular weight excluding hydrogens is 340 g/mol. The van der Waals surface area contributed by atoms with Crippen molar-refractivity contribution >= 4 is 29.0 Å². The molecule has 0 aliphatic heterocycles. The van der Waals surface area contributed by atoms with E-state index >= 15 is 0 Å². The molecule has 0 spiro atoms. The minimum atomic E-state index is -0.414. The third-order valence-electron chi connectivity index (χ3n) is 3.12. The summed E-state index contributed by atoms with van der Waals surface area (Å²) in [5, 5.41) is 3.22. The Morgan fingerprint density at radius 3 is 2.48 bits per heavy atom. The molecule has 2 aromatic carbocycles. The molecule has 0 unspecified atom stereocenters. The lowest BCUT2D eigenvalue weighted by atomic mass is 10.3. The fourth-order valence-electron chi connectivity index (χ4n) is 2.04. The molecule has 6 nitrogen and oxygen atoms in total. The van der Waals surface area contributed by atoms with E-state index in [0.29, 0.717) is 27.9 Å². The number of hydrazine groups is 1. The molecule has 3 rings (SSSR count). The first-order valence-corrected chi connectivity index (χ1v) is 7.83. The number of rotatable bonds is 5. The maximum absolute atomic E-state index is 11.9. The summed E-state index contributed by atoms with van der Waals surface area (Å²) in [6.45, 7) is 0. The Hall–Kier alpha value is -3.25. The second-order valence-electron chi connectivity index (χ2n) is 5.03. The summed E-state index contributed by atoms with van der Waals surface area (Å²) in [7, 11) is 0. The fourth-order valence-corrected chi connectivity index (χ4v) is 2.23. The van der Waals surface area contributed by atoms with Crippen LogP contribution in [0.1, 0.15) is 0 Å². The predicted octanol–water partition coefficient (Wildman–Crippen LogP) is 4.68. The highest BCUT2D eigenvalue weighted by molar-refractivity contribution is 6.30. The average molecular weight is 355 g/mol. The van der Waals surface area contributed by atoms with Crippen LogP contribution in [0.5, 0.6) is 11.5 Å². The summed E-state index contributed by atoms with van der Waals surface area (Å²) in [4.78, 5) is 15.8. The van der Waals surface area contributed by atoms with Gasteiger partial charge in [0.25, 0.3) is 0 Å². The number of ether oxygens (including phenoxy) is 1. The Morgan fingerprint density at radius 2 is 1.68 bits per heavy atom. The molecule has 0 aliphatic carbocycles. The molecular formula is C18H15ClN4O2. The van der Waals surface area contributed by atoms with Crippen molar-refractivity contribution in [3.8, 4) is 11.5 Å². The van der Waals surface area contributed by atoms with E-state index in [1.165, 1.54) is 0 Å². The molecule has 3 aromatic rings. The van der Waals surface area contributed by atoms with Crippen LogP contribution in [0.3, 0.4) is 0 Å². The molecule has 0 radical (unpaired) electrons. The first kappa shape index (κ1) is 16.6. The molecule has 0 aliphatic rings. The van der Waals surface area contributed by atoms with E-state index in [-0.39, 0.29) is 0 Å². The molecule has 0 atom stereocenters. The lowest BCUT2D eigenvalue weighted by Gasteiger charge is -2.11. The summed E-state index contributed by atoms with van der Waals surface area (Å²) < 4.78 is 5.71. The zero-order chi connectivity index (χ0) is 17.5. The molecule has 25 heavy (non-hydrogen) atoms. The number of halogens is 1. The van der Waals surface area contributed by atoms with E-state index < -0.39 is 6.03 Å². The van der Waals surface area contributed by atoms with Crippen LogP contribution in [-0.2, 0) is 0 Å². The van der Waals surface area contributed by atoms with Crippen molar-refractivity contribution < 1.29 is 9.53 Å². The van der Waals surface area contributed by atoms with Gasteiger partial charge in [0.2, 0.25) is 0 Å². The van der Waals surface area contributed by atoms with Gasteiger partial charge >= 0.3 is 6.03 Å². The van der Waals surface area contributed by atoms with Crippen molar-refractivity contribution in [2.45, 2.75) is 0 Å². The second-order valence-corrected chi connectivity index (χ2v) is 5.46. The smallest absolute Gasteiger partial charge is 0.337 e. The summed E-state index contributed by atoms with van der Waals surface area (Å²) in [5.41, 5.74) is 6.64. The number of benzene rings is 2. The number of anilines is 2. The monoisotopic (exact) mass is 354 g/mol. The van der Waals surface area contributed by atoms with Gasteiger partial charge in [-0.15, -0.1) is 0 Å². The Labute approximate surface area is 149 Å². The van der Waals surface area contributed by atoms with Gasteiger partial charge in [-0.05, 0) is 42.5 Å². The Morgan fingerprint density at radius 1 is 0.920 bits per heavy atom. The van der Waals surface area contributed by atoms with Crippen molar-refractivity contribution in [3.05, 3.63) is 78.1 Å². The average Bonchev–Trinajstić information content (AvgIpc) is 2.61. The zero-order valence-corrected chi connectivity index (χ0v) is 13.8. The highest BCUT2D eigenvalue weighted by atomic mass is 35.5. The van der Waals surface area contributed by atoms with Crippen LogP contribution >= 0.6 is 11.6 Å². The SMILES string of the molecule is O=C(NNc1cccc(Oc2ccncc2)c1)Nc1cccc(Cl)c1. The van der Waals surface area contributed by atoms with E-state index in [1.807, 2.05) is 12.1 Å². The minimum absolute atomic E-state index is 0.414. The van der Waals surface area contributed by atoms with Gasteiger partial charge in [0.05, 0.1) is 5.69 Å². The van der Waals surface area contributed by atoms with Crippen molar-refractivity contribution in [2.24, 2.45) is 0 Å². The zero-order valence-electron chi connectivity index (χ0n) is 13.1. The van der Waals surface area contributed by atoms with E-state index in [0.717, 1.165) is 0 Å². The Kier molecular flexibility index (Phi) is 5.33. The summed E-state index contributed by atoms with van der Waals surface area (Å²) in [5.74, 6) is 1.31. The van der Waals surface area contributed by atoms with Crippen molar-refractivity contribution in [1.29, 1.82) is 0 Å². The van der Waals surface area contributed by atoms with Gasteiger partial charge in [-0.1, -0.05) is 23.7 Å². The van der Waals surface area contributed by atoms with E-state index in [4.69, 9.17) is 16.3 Å². The van der Waals surface area contributed by atoms with Crippen LogP contribution in [0.25, 0.3) is 0 Å². The third-order valence-corrected chi connectivity index (χ3v) is 3.36. The highest BCUT2D eigenvalue weighted by Gasteiger charge is 2.03. The number of amides is 2. The number of pyridine rings is 1. The molecule has 3 N–H and O–H groups in total. The van der Waals surface area contributed by atoms with Gasteiger partial charge in [-0.3, -0.25) is 15.8 Å². The molecule has 7 heteroatoms. The van der Waals surface area contributed by atoms with Gasteiger partial charge in [-0.2, -0.15) is 0 Å². The number of urea groups is 1. The van der Waals surface area contributed by atoms with Crippen molar-refractivity contribution in [2.75, 3.05) is 10.7 Å². The number of nitrogens with one attached hydrogen (secondary N) is 3. The number of carbonyl (C=O) groups excluding carboxylic acids is 1. The molecule has 1 aromatic heterocycles. The molecule has 0 bridgehead atoms. The lowest BCUT2D eigenvalue weighted by molar-refractivity contribution is 0.254. The van der Waals surface area contributed by atoms with E-state index in [1.54, 1.807) is 60.9 Å². The standard InChI is InChI=1S/C18H15ClN4O2/c19-13-3-1-4-14(11-13)21-18(24)23-22-15-5-2-6-17(12-15)25-16-7-9-20-10-8-16/h1-12,22H,(H2,21,23,24). The van der Waals surface area contributed by atoms with E-state index in [2.05, 4.69) is 21.2 Å². The second kappa shape index (κ2) is 8.03.